The monoisotopic (exact) mass is 318 g/mol. The Morgan fingerprint density at radius 3 is 2.65 bits per heavy atom. The molecule has 0 aliphatic heterocycles. The van der Waals surface area contributed by atoms with Crippen LogP contribution in [0.15, 0.2) is 54.7 Å². The average Bonchev–Trinajstić information content (AvgIpc) is 2.94. The van der Waals surface area contributed by atoms with Crippen LogP contribution in [0.25, 0.3) is 10.9 Å². The minimum absolute atomic E-state index is 0.00725. The van der Waals surface area contributed by atoms with Crippen molar-refractivity contribution >= 4 is 22.5 Å². The predicted molar refractivity (Wildman–Crippen MR) is 82.1 cm³/mol. The lowest BCUT2D eigenvalue weighted by molar-refractivity contribution is -0.137. The lowest BCUT2D eigenvalue weighted by Gasteiger charge is -2.13. The quantitative estimate of drug-likeness (QED) is 0.740. The summed E-state index contributed by atoms with van der Waals surface area (Å²) >= 11 is 0. The fourth-order valence-corrected chi connectivity index (χ4v) is 2.43. The molecule has 23 heavy (non-hydrogen) atoms. The first-order valence-electron chi connectivity index (χ1n) is 6.95. The molecule has 0 fully saturated rings. The molecule has 1 aromatic heterocycles. The molecule has 0 radical (unpaired) electrons. The van der Waals surface area contributed by atoms with Gasteiger partial charge in [0, 0.05) is 11.7 Å². The van der Waals surface area contributed by atoms with E-state index in [0.717, 1.165) is 22.5 Å². The van der Waals surface area contributed by atoms with Gasteiger partial charge in [-0.05, 0) is 41.3 Å². The van der Waals surface area contributed by atoms with Crippen LogP contribution in [0, 0.1) is 0 Å². The predicted octanol–water partition coefficient (Wildman–Crippen LogP) is 4.37. The Kier molecular flexibility index (Phi) is 3.82. The molecule has 118 valence electrons. The number of anilines is 1. The van der Waals surface area contributed by atoms with E-state index in [9.17, 15) is 18.0 Å². The first-order chi connectivity index (χ1) is 10.9. The van der Waals surface area contributed by atoms with E-state index in [0.29, 0.717) is 0 Å². The molecule has 1 amide bonds. The number of hydrogen-bond acceptors (Lipinski definition) is 1. The SMILES string of the molecule is O=C(Cc1ccc2[nH]ccc2c1)Nc1ccccc1C(F)(F)F. The van der Waals surface area contributed by atoms with Crippen LogP contribution >= 0.6 is 0 Å². The second-order valence-corrected chi connectivity index (χ2v) is 5.17. The second kappa shape index (κ2) is 5.79. The van der Waals surface area contributed by atoms with Crippen molar-refractivity contribution < 1.29 is 18.0 Å². The van der Waals surface area contributed by atoms with E-state index >= 15 is 0 Å². The van der Waals surface area contributed by atoms with Gasteiger partial charge in [0.05, 0.1) is 17.7 Å². The number of para-hydroxylation sites is 1. The first-order valence-corrected chi connectivity index (χ1v) is 6.95. The minimum Gasteiger partial charge on any atom is -0.361 e. The summed E-state index contributed by atoms with van der Waals surface area (Å²) in [7, 11) is 0. The van der Waals surface area contributed by atoms with Crippen molar-refractivity contribution in [2.45, 2.75) is 12.6 Å². The second-order valence-electron chi connectivity index (χ2n) is 5.17. The van der Waals surface area contributed by atoms with E-state index in [2.05, 4.69) is 10.3 Å². The number of aromatic nitrogens is 1. The third kappa shape index (κ3) is 3.36. The average molecular weight is 318 g/mol. The highest BCUT2D eigenvalue weighted by Crippen LogP contribution is 2.34. The summed E-state index contributed by atoms with van der Waals surface area (Å²) in [4.78, 5) is 15.1. The molecule has 6 heteroatoms. The number of rotatable bonds is 3. The van der Waals surface area contributed by atoms with Gasteiger partial charge >= 0.3 is 6.18 Å². The number of fused-ring (bicyclic) bond motifs is 1. The van der Waals surface area contributed by atoms with Gasteiger partial charge in [0.15, 0.2) is 0 Å². The Balaban J connectivity index is 1.77. The zero-order valence-electron chi connectivity index (χ0n) is 11.9. The topological polar surface area (TPSA) is 44.9 Å². The maximum Gasteiger partial charge on any atom is 0.418 e. The van der Waals surface area contributed by atoms with Crippen LogP contribution in [-0.2, 0) is 17.4 Å². The van der Waals surface area contributed by atoms with Gasteiger partial charge in [-0.3, -0.25) is 4.79 Å². The maximum atomic E-state index is 12.9. The van der Waals surface area contributed by atoms with Gasteiger partial charge < -0.3 is 10.3 Å². The number of carbonyl (C=O) groups is 1. The summed E-state index contributed by atoms with van der Waals surface area (Å²) in [5.41, 5.74) is 0.595. The molecular formula is C17H13F3N2O. The molecule has 1 heterocycles. The van der Waals surface area contributed by atoms with E-state index in [-0.39, 0.29) is 12.1 Å². The molecule has 0 spiro atoms. The summed E-state index contributed by atoms with van der Waals surface area (Å²) in [6.07, 6.45) is -2.71. The van der Waals surface area contributed by atoms with Gasteiger partial charge in [-0.2, -0.15) is 13.2 Å². The summed E-state index contributed by atoms with van der Waals surface area (Å²) in [6.45, 7) is 0. The third-order valence-corrected chi connectivity index (χ3v) is 3.49. The van der Waals surface area contributed by atoms with Crippen molar-refractivity contribution in [3.05, 3.63) is 65.9 Å². The van der Waals surface area contributed by atoms with E-state index in [1.54, 1.807) is 12.3 Å². The fourth-order valence-electron chi connectivity index (χ4n) is 2.43. The lowest BCUT2D eigenvalue weighted by atomic mass is 10.1. The van der Waals surface area contributed by atoms with Gasteiger partial charge in [0.2, 0.25) is 5.91 Å². The van der Waals surface area contributed by atoms with Crippen LogP contribution < -0.4 is 5.32 Å². The van der Waals surface area contributed by atoms with Gasteiger partial charge in [0.25, 0.3) is 0 Å². The Bertz CT molecular complexity index is 852. The van der Waals surface area contributed by atoms with E-state index in [1.807, 2.05) is 18.2 Å². The van der Waals surface area contributed by atoms with E-state index in [1.165, 1.54) is 18.2 Å². The molecule has 0 aliphatic carbocycles. The van der Waals surface area contributed by atoms with Crippen molar-refractivity contribution in [2.24, 2.45) is 0 Å². The molecule has 0 saturated carbocycles. The summed E-state index contributed by atoms with van der Waals surface area (Å²) in [5.74, 6) is -0.489. The number of hydrogen-bond donors (Lipinski definition) is 2. The smallest absolute Gasteiger partial charge is 0.361 e. The molecule has 0 unspecified atom stereocenters. The zero-order valence-corrected chi connectivity index (χ0v) is 11.9. The Labute approximate surface area is 130 Å². The minimum atomic E-state index is -4.51. The number of H-pyrrole nitrogens is 1. The molecule has 3 aromatic rings. The number of halogens is 3. The highest BCUT2D eigenvalue weighted by atomic mass is 19.4. The fraction of sp³-hybridized carbons (Fsp3) is 0.118. The molecule has 3 nitrogen and oxygen atoms in total. The molecule has 3 rings (SSSR count). The largest absolute Gasteiger partial charge is 0.418 e. The first kappa shape index (κ1) is 15.1. The van der Waals surface area contributed by atoms with Gasteiger partial charge in [0.1, 0.15) is 0 Å². The highest BCUT2D eigenvalue weighted by molar-refractivity contribution is 5.93. The molecule has 0 bridgehead atoms. The normalized spacial score (nSPS) is 11.6. The van der Waals surface area contributed by atoms with Crippen molar-refractivity contribution in [1.82, 2.24) is 4.98 Å². The zero-order chi connectivity index (χ0) is 16.4. The molecule has 0 saturated heterocycles. The molecule has 2 N–H and O–H groups in total. The Hall–Kier alpha value is -2.76. The number of nitrogens with one attached hydrogen (secondary N) is 2. The number of alkyl halides is 3. The van der Waals surface area contributed by atoms with Crippen LogP contribution in [0.5, 0.6) is 0 Å². The van der Waals surface area contributed by atoms with E-state index < -0.39 is 17.6 Å². The van der Waals surface area contributed by atoms with Crippen LogP contribution in [0.4, 0.5) is 18.9 Å². The lowest BCUT2D eigenvalue weighted by Crippen LogP contribution is -2.18. The van der Waals surface area contributed by atoms with Gasteiger partial charge in [-0.25, -0.2) is 0 Å². The van der Waals surface area contributed by atoms with Crippen molar-refractivity contribution in [3.63, 3.8) is 0 Å². The van der Waals surface area contributed by atoms with Crippen molar-refractivity contribution in [1.29, 1.82) is 0 Å². The third-order valence-electron chi connectivity index (χ3n) is 3.49. The maximum absolute atomic E-state index is 12.9. The van der Waals surface area contributed by atoms with E-state index in [4.69, 9.17) is 0 Å². The number of benzene rings is 2. The standard InChI is InChI=1S/C17H13F3N2O/c18-17(19,20)13-3-1-2-4-15(13)22-16(23)10-11-5-6-14-12(9-11)7-8-21-14/h1-9,21H,10H2,(H,22,23). The molecule has 2 aromatic carbocycles. The summed E-state index contributed by atoms with van der Waals surface area (Å²) in [5, 5.41) is 3.29. The summed E-state index contributed by atoms with van der Waals surface area (Å²) < 4.78 is 38.7. The number of amides is 1. The molecule has 0 aliphatic rings. The van der Waals surface area contributed by atoms with Crippen molar-refractivity contribution in [3.8, 4) is 0 Å². The number of aromatic amines is 1. The van der Waals surface area contributed by atoms with Gasteiger partial charge in [-0.15, -0.1) is 0 Å². The van der Waals surface area contributed by atoms with Crippen LogP contribution in [0.1, 0.15) is 11.1 Å². The molecule has 0 atom stereocenters. The van der Waals surface area contributed by atoms with Crippen molar-refractivity contribution in [2.75, 3.05) is 5.32 Å². The highest BCUT2D eigenvalue weighted by Gasteiger charge is 2.33. The van der Waals surface area contributed by atoms with Crippen LogP contribution in [0.3, 0.4) is 0 Å². The van der Waals surface area contributed by atoms with Crippen LogP contribution in [-0.4, -0.2) is 10.9 Å². The van der Waals surface area contributed by atoms with Crippen LogP contribution in [0.2, 0.25) is 0 Å². The molecular weight excluding hydrogens is 305 g/mol. The van der Waals surface area contributed by atoms with Gasteiger partial charge in [-0.1, -0.05) is 18.2 Å². The number of carbonyl (C=O) groups excluding carboxylic acids is 1. The Morgan fingerprint density at radius 1 is 1.09 bits per heavy atom. The summed E-state index contributed by atoms with van der Waals surface area (Å²) in [6, 6.07) is 12.2. The Morgan fingerprint density at radius 2 is 1.87 bits per heavy atom.